The molecular weight excluding hydrogens is 348 g/mol. The fraction of sp³-hybridized carbons (Fsp3) is 0.286. The second-order valence-corrected chi connectivity index (χ2v) is 6.11. The van der Waals surface area contributed by atoms with Crippen molar-refractivity contribution in [3.8, 4) is 11.1 Å². The molecule has 0 aliphatic carbocycles. The van der Waals surface area contributed by atoms with Crippen molar-refractivity contribution >= 4 is 17.9 Å². The van der Waals surface area contributed by atoms with Crippen molar-refractivity contribution in [2.24, 2.45) is 0 Å². The van der Waals surface area contributed by atoms with E-state index in [9.17, 15) is 14.4 Å². The first-order valence-electron chi connectivity index (χ1n) is 8.75. The van der Waals surface area contributed by atoms with E-state index in [-0.39, 0.29) is 32.1 Å². The van der Waals surface area contributed by atoms with Gasteiger partial charge in [0, 0.05) is 24.8 Å². The van der Waals surface area contributed by atoms with Gasteiger partial charge in [-0.1, -0.05) is 54.6 Å². The van der Waals surface area contributed by atoms with Gasteiger partial charge < -0.3 is 14.9 Å². The molecule has 0 heterocycles. The predicted molar refractivity (Wildman–Crippen MR) is 99.1 cm³/mol. The first-order chi connectivity index (χ1) is 13.0. The summed E-state index contributed by atoms with van der Waals surface area (Å²) in [5, 5.41) is 17.7. The number of rotatable bonds is 10. The summed E-state index contributed by atoms with van der Waals surface area (Å²) in [4.78, 5) is 33.7. The summed E-state index contributed by atoms with van der Waals surface area (Å²) in [5.41, 5.74) is 2.54. The molecule has 27 heavy (non-hydrogen) atoms. The molecule has 0 aliphatic heterocycles. The van der Waals surface area contributed by atoms with E-state index in [1.54, 1.807) is 0 Å². The lowest BCUT2D eigenvalue weighted by molar-refractivity contribution is -0.151. The molecule has 0 saturated carbocycles. The van der Waals surface area contributed by atoms with Gasteiger partial charge in [-0.05, 0) is 24.0 Å². The minimum Gasteiger partial charge on any atom is -0.481 e. The van der Waals surface area contributed by atoms with Gasteiger partial charge in [0.15, 0.2) is 0 Å². The summed E-state index contributed by atoms with van der Waals surface area (Å²) in [7, 11) is 0. The summed E-state index contributed by atoms with van der Waals surface area (Å²) in [6.45, 7) is 0. The second-order valence-electron chi connectivity index (χ2n) is 6.11. The lowest BCUT2D eigenvalue weighted by Crippen LogP contribution is -2.14. The molecule has 2 N–H and O–H groups in total. The molecule has 0 bridgehead atoms. The molecule has 6 heteroatoms. The zero-order valence-electron chi connectivity index (χ0n) is 14.8. The van der Waals surface area contributed by atoms with E-state index in [1.165, 1.54) is 0 Å². The van der Waals surface area contributed by atoms with Gasteiger partial charge in [0.05, 0.1) is 0 Å². The smallest absolute Gasteiger partial charge is 0.306 e. The summed E-state index contributed by atoms with van der Waals surface area (Å²) in [5.74, 6) is -2.48. The summed E-state index contributed by atoms with van der Waals surface area (Å²) in [6.07, 6.45) is -0.672. The molecule has 2 rings (SSSR count). The quantitative estimate of drug-likeness (QED) is 0.612. The van der Waals surface area contributed by atoms with E-state index in [0.717, 1.165) is 16.7 Å². The molecule has 1 unspecified atom stereocenters. The van der Waals surface area contributed by atoms with E-state index >= 15 is 0 Å². The number of benzene rings is 2. The first kappa shape index (κ1) is 20.2. The number of carboxylic acid groups (broad SMARTS) is 2. The van der Waals surface area contributed by atoms with Crippen molar-refractivity contribution in [3.63, 3.8) is 0 Å². The van der Waals surface area contributed by atoms with Crippen molar-refractivity contribution in [1.29, 1.82) is 0 Å². The van der Waals surface area contributed by atoms with Crippen LogP contribution in [-0.2, 0) is 19.1 Å². The fourth-order valence-electron chi connectivity index (χ4n) is 2.79. The van der Waals surface area contributed by atoms with Crippen LogP contribution in [-0.4, -0.2) is 28.1 Å². The third-order valence-corrected chi connectivity index (χ3v) is 4.06. The Morgan fingerprint density at radius 2 is 1.44 bits per heavy atom. The van der Waals surface area contributed by atoms with Crippen LogP contribution in [0.5, 0.6) is 0 Å². The minimum absolute atomic E-state index is 0.0244. The largest absolute Gasteiger partial charge is 0.481 e. The maximum absolute atomic E-state index is 12.1. The van der Waals surface area contributed by atoms with Gasteiger partial charge in [0.2, 0.25) is 0 Å². The molecule has 6 nitrogen and oxygen atoms in total. The molecule has 2 aromatic rings. The zero-order chi connectivity index (χ0) is 19.6. The Balaban J connectivity index is 2.22. The normalized spacial score (nSPS) is 11.6. The molecular formula is C21H22O6. The number of hydrogen-bond acceptors (Lipinski definition) is 4. The van der Waals surface area contributed by atoms with E-state index in [1.807, 2.05) is 54.6 Å². The van der Waals surface area contributed by atoms with Gasteiger partial charge in [-0.25, -0.2) is 0 Å². The summed E-state index contributed by atoms with van der Waals surface area (Å²) >= 11 is 0. The van der Waals surface area contributed by atoms with Crippen LogP contribution < -0.4 is 0 Å². The average molecular weight is 370 g/mol. The highest BCUT2D eigenvalue weighted by atomic mass is 16.5. The molecule has 0 spiro atoms. The monoisotopic (exact) mass is 370 g/mol. The Morgan fingerprint density at radius 3 is 2.11 bits per heavy atom. The molecule has 0 fully saturated rings. The van der Waals surface area contributed by atoms with E-state index in [0.29, 0.717) is 0 Å². The molecule has 1 atom stereocenters. The molecule has 142 valence electrons. The molecule has 0 aliphatic rings. The highest BCUT2D eigenvalue weighted by molar-refractivity contribution is 5.73. The predicted octanol–water partition coefficient (Wildman–Crippen LogP) is 4.06. The van der Waals surface area contributed by atoms with Crippen molar-refractivity contribution in [2.75, 3.05) is 0 Å². The van der Waals surface area contributed by atoms with Crippen molar-refractivity contribution in [2.45, 2.75) is 38.2 Å². The minimum atomic E-state index is -0.973. The van der Waals surface area contributed by atoms with Crippen LogP contribution >= 0.6 is 0 Å². The zero-order valence-corrected chi connectivity index (χ0v) is 14.8. The van der Waals surface area contributed by atoms with Crippen LogP contribution in [0.4, 0.5) is 0 Å². The van der Waals surface area contributed by atoms with Gasteiger partial charge in [0.1, 0.15) is 6.10 Å². The van der Waals surface area contributed by atoms with Gasteiger partial charge >= 0.3 is 17.9 Å². The van der Waals surface area contributed by atoms with Gasteiger partial charge in [0.25, 0.3) is 0 Å². The van der Waals surface area contributed by atoms with Crippen molar-refractivity contribution in [1.82, 2.24) is 0 Å². The molecule has 0 aromatic heterocycles. The Labute approximate surface area is 157 Å². The third kappa shape index (κ3) is 6.58. The number of aliphatic carboxylic acids is 2. The topological polar surface area (TPSA) is 101 Å². The number of carboxylic acids is 2. The number of carbonyl (C=O) groups is 3. The molecule has 0 radical (unpaired) electrons. The SMILES string of the molecule is O=C(O)CCCC(=O)OC(CCC(=O)O)c1ccccc1-c1ccccc1. The second kappa shape index (κ2) is 10.1. The highest BCUT2D eigenvalue weighted by Gasteiger charge is 2.21. The lowest BCUT2D eigenvalue weighted by Gasteiger charge is -2.21. The van der Waals surface area contributed by atoms with Crippen LogP contribution in [0.25, 0.3) is 11.1 Å². The highest BCUT2D eigenvalue weighted by Crippen LogP contribution is 2.33. The maximum Gasteiger partial charge on any atom is 0.306 e. The van der Waals surface area contributed by atoms with Crippen LogP contribution in [0.3, 0.4) is 0 Å². The van der Waals surface area contributed by atoms with E-state index in [2.05, 4.69) is 0 Å². The van der Waals surface area contributed by atoms with E-state index in [4.69, 9.17) is 14.9 Å². The number of carbonyl (C=O) groups excluding carboxylic acids is 1. The molecule has 0 amide bonds. The lowest BCUT2D eigenvalue weighted by atomic mass is 9.94. The Morgan fingerprint density at radius 1 is 0.815 bits per heavy atom. The van der Waals surface area contributed by atoms with Crippen LogP contribution in [0, 0.1) is 0 Å². The summed E-state index contributed by atoms with van der Waals surface area (Å²) in [6, 6.07) is 17.0. The van der Waals surface area contributed by atoms with Gasteiger partial charge in [-0.3, -0.25) is 14.4 Å². The fourth-order valence-corrected chi connectivity index (χ4v) is 2.79. The van der Waals surface area contributed by atoms with Gasteiger partial charge in [-0.2, -0.15) is 0 Å². The van der Waals surface area contributed by atoms with Crippen LogP contribution in [0.2, 0.25) is 0 Å². The molecule has 0 saturated heterocycles. The van der Waals surface area contributed by atoms with Crippen LogP contribution in [0.15, 0.2) is 54.6 Å². The first-order valence-corrected chi connectivity index (χ1v) is 8.75. The maximum atomic E-state index is 12.1. The number of esters is 1. The Kier molecular flexibility index (Phi) is 7.55. The van der Waals surface area contributed by atoms with E-state index < -0.39 is 24.0 Å². The standard InChI is InChI=1S/C21H22O6/c22-19(23)11-6-12-21(26)27-18(13-14-20(24)25)17-10-5-4-9-16(17)15-7-2-1-3-8-15/h1-5,7-10,18H,6,11-14H2,(H,22,23)(H,24,25). The Bertz CT molecular complexity index is 784. The molecule has 2 aromatic carbocycles. The third-order valence-electron chi connectivity index (χ3n) is 4.06. The Hall–Kier alpha value is -3.15. The number of hydrogen-bond donors (Lipinski definition) is 2. The van der Waals surface area contributed by atoms with Gasteiger partial charge in [-0.15, -0.1) is 0 Å². The van der Waals surface area contributed by atoms with Crippen LogP contribution in [0.1, 0.15) is 43.8 Å². The summed E-state index contributed by atoms with van der Waals surface area (Å²) < 4.78 is 5.54. The average Bonchev–Trinajstić information content (AvgIpc) is 2.65. The van der Waals surface area contributed by atoms with Crippen molar-refractivity contribution in [3.05, 3.63) is 60.2 Å². The van der Waals surface area contributed by atoms with Crippen molar-refractivity contribution < 1.29 is 29.3 Å². The number of ether oxygens (including phenoxy) is 1.